The summed E-state index contributed by atoms with van der Waals surface area (Å²) in [4.78, 5) is 0. The van der Waals surface area contributed by atoms with Gasteiger partial charge in [0.05, 0.1) is 6.10 Å². The van der Waals surface area contributed by atoms with Crippen molar-refractivity contribution in [2.24, 2.45) is 5.92 Å². The van der Waals surface area contributed by atoms with Crippen molar-refractivity contribution in [2.75, 3.05) is 11.5 Å². The van der Waals surface area contributed by atoms with E-state index < -0.39 is 6.10 Å². The molecule has 2 unspecified atom stereocenters. The minimum atomic E-state index is -0.519. The van der Waals surface area contributed by atoms with Gasteiger partial charge in [-0.25, -0.2) is 4.39 Å². The van der Waals surface area contributed by atoms with E-state index in [9.17, 15) is 9.50 Å². The fraction of sp³-hybridized carbons (Fsp3) is 0.538. The fourth-order valence-electron chi connectivity index (χ4n) is 2.58. The monoisotopic (exact) mass is 254 g/mol. The van der Waals surface area contributed by atoms with Crippen LogP contribution in [0.15, 0.2) is 18.2 Å². The van der Waals surface area contributed by atoms with Crippen molar-refractivity contribution in [3.63, 3.8) is 0 Å². The molecule has 1 saturated heterocycles. The molecule has 1 fully saturated rings. The maximum Gasteiger partial charge on any atom is 0.128 e. The van der Waals surface area contributed by atoms with Crippen molar-refractivity contribution in [3.8, 4) is 5.75 Å². The number of aliphatic hydroxyl groups is 1. The van der Waals surface area contributed by atoms with Crippen molar-refractivity contribution in [1.82, 2.24) is 0 Å². The van der Waals surface area contributed by atoms with Crippen molar-refractivity contribution >= 4 is 11.8 Å². The highest BCUT2D eigenvalue weighted by atomic mass is 32.2. The Bertz CT molecular complexity index is 418. The summed E-state index contributed by atoms with van der Waals surface area (Å²) in [6.07, 6.45) is 1.28. The number of halogens is 1. The number of aliphatic hydroxyl groups excluding tert-OH is 1. The molecule has 0 amide bonds. The van der Waals surface area contributed by atoms with Gasteiger partial charge in [0.15, 0.2) is 0 Å². The van der Waals surface area contributed by atoms with Gasteiger partial charge in [-0.2, -0.15) is 11.8 Å². The van der Waals surface area contributed by atoms with Gasteiger partial charge in [-0.3, -0.25) is 0 Å². The zero-order chi connectivity index (χ0) is 11.8. The zero-order valence-electron chi connectivity index (χ0n) is 9.43. The molecule has 92 valence electrons. The Morgan fingerprint density at radius 1 is 1.41 bits per heavy atom. The Morgan fingerprint density at radius 3 is 3.06 bits per heavy atom. The van der Waals surface area contributed by atoms with Crippen LogP contribution in [0.1, 0.15) is 24.5 Å². The molecule has 0 aliphatic carbocycles. The first kappa shape index (κ1) is 11.4. The molecule has 2 aliphatic rings. The first-order chi connectivity index (χ1) is 8.24. The van der Waals surface area contributed by atoms with Gasteiger partial charge < -0.3 is 9.84 Å². The molecule has 0 bridgehead atoms. The van der Waals surface area contributed by atoms with Gasteiger partial charge in [0, 0.05) is 24.0 Å². The minimum absolute atomic E-state index is 0.0364. The van der Waals surface area contributed by atoms with Crippen molar-refractivity contribution in [2.45, 2.75) is 25.0 Å². The Balaban J connectivity index is 1.85. The largest absolute Gasteiger partial charge is 0.490 e. The van der Waals surface area contributed by atoms with E-state index >= 15 is 0 Å². The van der Waals surface area contributed by atoms with Crippen LogP contribution >= 0.6 is 11.8 Å². The van der Waals surface area contributed by atoms with E-state index in [0.717, 1.165) is 17.9 Å². The standard InChI is InChI=1S/C13H15FO2S/c14-9-1-2-10-11(15)6-12(16-13(10)5-9)8-3-4-17-7-8/h1-2,5,8,11-12,15H,3-4,6-7H2/t8?,11-,12?/m0/s1. The predicted octanol–water partition coefficient (Wildman–Crippen LogP) is 2.76. The van der Waals surface area contributed by atoms with Gasteiger partial charge >= 0.3 is 0 Å². The summed E-state index contributed by atoms with van der Waals surface area (Å²) in [6, 6.07) is 4.37. The van der Waals surface area contributed by atoms with E-state index in [1.807, 2.05) is 11.8 Å². The molecule has 0 spiro atoms. The number of fused-ring (bicyclic) bond motifs is 1. The molecule has 4 heteroatoms. The van der Waals surface area contributed by atoms with Gasteiger partial charge in [-0.05, 0) is 30.1 Å². The average molecular weight is 254 g/mol. The van der Waals surface area contributed by atoms with Crippen LogP contribution in [0.3, 0.4) is 0 Å². The molecule has 17 heavy (non-hydrogen) atoms. The van der Waals surface area contributed by atoms with E-state index in [1.165, 1.54) is 12.1 Å². The van der Waals surface area contributed by atoms with Gasteiger partial charge in [0.1, 0.15) is 17.7 Å². The van der Waals surface area contributed by atoms with E-state index in [1.54, 1.807) is 6.07 Å². The highest BCUT2D eigenvalue weighted by molar-refractivity contribution is 7.99. The van der Waals surface area contributed by atoms with Crippen LogP contribution in [0.2, 0.25) is 0 Å². The number of thioether (sulfide) groups is 1. The van der Waals surface area contributed by atoms with E-state index in [0.29, 0.717) is 23.7 Å². The van der Waals surface area contributed by atoms with E-state index in [4.69, 9.17) is 4.74 Å². The van der Waals surface area contributed by atoms with Crippen molar-refractivity contribution in [3.05, 3.63) is 29.6 Å². The van der Waals surface area contributed by atoms with E-state index in [2.05, 4.69) is 0 Å². The smallest absolute Gasteiger partial charge is 0.128 e. The second-order valence-corrected chi connectivity index (χ2v) is 5.86. The Labute approximate surface area is 104 Å². The minimum Gasteiger partial charge on any atom is -0.490 e. The van der Waals surface area contributed by atoms with Crippen LogP contribution in [0, 0.1) is 11.7 Å². The summed E-state index contributed by atoms with van der Waals surface area (Å²) in [6.45, 7) is 0. The average Bonchev–Trinajstić information content (AvgIpc) is 2.81. The second-order valence-electron chi connectivity index (χ2n) is 4.71. The predicted molar refractivity (Wildman–Crippen MR) is 65.8 cm³/mol. The van der Waals surface area contributed by atoms with Gasteiger partial charge in [-0.15, -0.1) is 0 Å². The van der Waals surface area contributed by atoms with Crippen LogP contribution in [0.25, 0.3) is 0 Å². The van der Waals surface area contributed by atoms with Crippen LogP contribution in [0.5, 0.6) is 5.75 Å². The number of rotatable bonds is 1. The lowest BCUT2D eigenvalue weighted by atomic mass is 9.91. The van der Waals surface area contributed by atoms with Crippen LogP contribution in [-0.4, -0.2) is 22.7 Å². The third kappa shape index (κ3) is 2.16. The molecule has 0 aromatic heterocycles. The normalized spacial score (nSPS) is 32.0. The van der Waals surface area contributed by atoms with Crippen LogP contribution in [-0.2, 0) is 0 Å². The molecule has 0 saturated carbocycles. The number of benzene rings is 1. The highest BCUT2D eigenvalue weighted by Crippen LogP contribution is 2.40. The molecular weight excluding hydrogens is 239 g/mol. The number of ether oxygens (including phenoxy) is 1. The molecule has 1 aromatic carbocycles. The third-order valence-corrected chi connectivity index (χ3v) is 4.75. The molecular formula is C13H15FO2S. The summed E-state index contributed by atoms with van der Waals surface area (Å²) in [5.74, 6) is 2.95. The summed E-state index contributed by atoms with van der Waals surface area (Å²) < 4.78 is 19.0. The van der Waals surface area contributed by atoms with Crippen LogP contribution in [0.4, 0.5) is 4.39 Å². The van der Waals surface area contributed by atoms with Gasteiger partial charge in [0.2, 0.25) is 0 Å². The Kier molecular flexibility index (Phi) is 3.01. The summed E-state index contributed by atoms with van der Waals surface area (Å²) in [7, 11) is 0. The molecule has 2 aliphatic heterocycles. The molecule has 2 nitrogen and oxygen atoms in total. The molecule has 3 atom stereocenters. The molecule has 3 rings (SSSR count). The number of hydrogen-bond acceptors (Lipinski definition) is 3. The third-order valence-electron chi connectivity index (χ3n) is 3.56. The first-order valence-corrected chi connectivity index (χ1v) is 7.11. The summed E-state index contributed by atoms with van der Waals surface area (Å²) in [5.41, 5.74) is 0.716. The van der Waals surface area contributed by atoms with Crippen molar-refractivity contribution in [1.29, 1.82) is 0 Å². The molecule has 1 N–H and O–H groups in total. The van der Waals surface area contributed by atoms with E-state index in [-0.39, 0.29) is 11.9 Å². The quantitative estimate of drug-likeness (QED) is 0.835. The Morgan fingerprint density at radius 2 is 2.29 bits per heavy atom. The fourth-order valence-corrected chi connectivity index (χ4v) is 3.90. The molecule has 1 aromatic rings. The molecule has 0 radical (unpaired) electrons. The first-order valence-electron chi connectivity index (χ1n) is 5.96. The van der Waals surface area contributed by atoms with Gasteiger partial charge in [-0.1, -0.05) is 0 Å². The van der Waals surface area contributed by atoms with Crippen molar-refractivity contribution < 1.29 is 14.2 Å². The second kappa shape index (κ2) is 4.50. The van der Waals surface area contributed by atoms with Crippen LogP contribution < -0.4 is 4.74 Å². The molecule has 2 heterocycles. The topological polar surface area (TPSA) is 29.5 Å². The lowest BCUT2D eigenvalue weighted by molar-refractivity contribution is 0.0399. The number of hydrogen-bond donors (Lipinski definition) is 1. The SMILES string of the molecule is O[C@H]1CC(C2CCSC2)Oc2cc(F)ccc21. The lowest BCUT2D eigenvalue weighted by Gasteiger charge is -2.32. The van der Waals surface area contributed by atoms with Gasteiger partial charge in [0.25, 0.3) is 0 Å². The summed E-state index contributed by atoms with van der Waals surface area (Å²) >= 11 is 1.93. The summed E-state index contributed by atoms with van der Waals surface area (Å²) in [5, 5.41) is 10.1. The zero-order valence-corrected chi connectivity index (χ0v) is 10.3. The lowest BCUT2D eigenvalue weighted by Crippen LogP contribution is -2.32. The Hall–Kier alpha value is -0.740. The maximum atomic E-state index is 13.2. The highest BCUT2D eigenvalue weighted by Gasteiger charge is 2.34. The maximum absolute atomic E-state index is 13.2.